The van der Waals surface area contributed by atoms with Crippen LogP contribution in [0.3, 0.4) is 0 Å². The van der Waals surface area contributed by atoms with Gasteiger partial charge >= 0.3 is 0 Å². The molecule has 1 saturated heterocycles. The quantitative estimate of drug-likeness (QED) is 0.553. The van der Waals surface area contributed by atoms with Gasteiger partial charge < -0.3 is 9.84 Å². The van der Waals surface area contributed by atoms with Crippen molar-refractivity contribution in [1.82, 2.24) is 0 Å². The fourth-order valence-electron chi connectivity index (χ4n) is 0.522. The Hall–Kier alpha value is 1.02. The predicted molar refractivity (Wildman–Crippen MR) is 21.4 cm³/mol. The third-order valence-corrected chi connectivity index (χ3v) is 0.906. The molecule has 0 spiro atoms. The zero-order valence-corrected chi connectivity index (χ0v) is 6.97. The van der Waals surface area contributed by atoms with E-state index < -0.39 is 0 Å². The Bertz CT molecular complexity index is 43.0. The maximum absolute atomic E-state index is 8.60. The minimum Gasteiger partial charge on any atom is -0.391 e. The summed E-state index contributed by atoms with van der Waals surface area (Å²) >= 11 is 0. The van der Waals surface area contributed by atoms with Crippen molar-refractivity contribution in [2.75, 3.05) is 13.2 Å². The van der Waals surface area contributed by atoms with Gasteiger partial charge in [0.2, 0.25) is 0 Å². The standard InChI is InChI=1S/C4H8O2.Y/c5-4-1-2-6-3-4;/h4-5H,1-3H2;/t4-;/m0./s1. The summed E-state index contributed by atoms with van der Waals surface area (Å²) in [4.78, 5) is 0. The molecule has 1 aliphatic heterocycles. The molecule has 0 aliphatic carbocycles. The van der Waals surface area contributed by atoms with E-state index in [1.165, 1.54) is 0 Å². The molecule has 7 heavy (non-hydrogen) atoms. The molecule has 0 amide bonds. The number of aliphatic hydroxyl groups is 1. The maximum Gasteiger partial charge on any atom is 0.0795 e. The van der Waals surface area contributed by atoms with Crippen LogP contribution in [0.15, 0.2) is 0 Å². The average molecular weight is 177 g/mol. The molecule has 1 aliphatic rings. The van der Waals surface area contributed by atoms with Crippen LogP contribution in [-0.2, 0) is 37.4 Å². The number of aliphatic hydroxyl groups excluding tert-OH is 1. The molecule has 1 radical (unpaired) electrons. The van der Waals surface area contributed by atoms with Crippen molar-refractivity contribution >= 4 is 0 Å². The fourth-order valence-corrected chi connectivity index (χ4v) is 0.522. The first-order valence-electron chi connectivity index (χ1n) is 2.15. The summed E-state index contributed by atoms with van der Waals surface area (Å²) in [6, 6.07) is 0. The molecular weight excluding hydrogens is 169 g/mol. The number of ether oxygens (including phenoxy) is 1. The van der Waals surface area contributed by atoms with Crippen molar-refractivity contribution in [2.24, 2.45) is 0 Å². The van der Waals surface area contributed by atoms with Crippen molar-refractivity contribution < 1.29 is 42.6 Å². The van der Waals surface area contributed by atoms with E-state index in [0.717, 1.165) is 13.0 Å². The van der Waals surface area contributed by atoms with Gasteiger partial charge in [-0.25, -0.2) is 0 Å². The Morgan fingerprint density at radius 1 is 1.57 bits per heavy atom. The molecule has 1 atom stereocenters. The van der Waals surface area contributed by atoms with Crippen molar-refractivity contribution in [3.63, 3.8) is 0 Å². The van der Waals surface area contributed by atoms with Crippen molar-refractivity contribution in [3.05, 3.63) is 0 Å². The average Bonchev–Trinajstić information content (AvgIpc) is 1.86. The second-order valence-electron chi connectivity index (χ2n) is 1.52. The fraction of sp³-hybridized carbons (Fsp3) is 1.00. The molecule has 2 nitrogen and oxygen atoms in total. The molecule has 1 fully saturated rings. The Kier molecular flexibility index (Phi) is 4.54. The van der Waals surface area contributed by atoms with E-state index >= 15 is 0 Å². The van der Waals surface area contributed by atoms with Crippen LogP contribution in [0.5, 0.6) is 0 Å². The third-order valence-electron chi connectivity index (χ3n) is 0.906. The largest absolute Gasteiger partial charge is 0.391 e. The summed E-state index contributed by atoms with van der Waals surface area (Å²) in [5, 5.41) is 8.60. The van der Waals surface area contributed by atoms with Crippen LogP contribution >= 0.6 is 0 Å². The summed E-state index contributed by atoms with van der Waals surface area (Å²) in [5.41, 5.74) is 0. The van der Waals surface area contributed by atoms with Gasteiger partial charge in [-0.3, -0.25) is 0 Å². The molecule has 0 aromatic heterocycles. The van der Waals surface area contributed by atoms with Gasteiger partial charge in [-0.15, -0.1) is 0 Å². The van der Waals surface area contributed by atoms with Crippen molar-refractivity contribution in [2.45, 2.75) is 12.5 Å². The van der Waals surface area contributed by atoms with E-state index in [2.05, 4.69) is 0 Å². The first kappa shape index (κ1) is 8.02. The Balaban J connectivity index is 0.000000360. The third kappa shape index (κ3) is 2.75. The van der Waals surface area contributed by atoms with E-state index in [1.54, 1.807) is 0 Å². The molecule has 0 aromatic rings. The Labute approximate surface area is 68.1 Å². The van der Waals surface area contributed by atoms with Crippen LogP contribution in [0.1, 0.15) is 6.42 Å². The van der Waals surface area contributed by atoms with Gasteiger partial charge in [0.1, 0.15) is 0 Å². The van der Waals surface area contributed by atoms with Crippen LogP contribution in [-0.4, -0.2) is 24.4 Å². The Morgan fingerprint density at radius 2 is 2.29 bits per heavy atom. The van der Waals surface area contributed by atoms with Gasteiger partial charge in [0.15, 0.2) is 0 Å². The normalized spacial score (nSPS) is 29.6. The smallest absolute Gasteiger partial charge is 0.0795 e. The van der Waals surface area contributed by atoms with Crippen LogP contribution in [0.4, 0.5) is 0 Å². The molecule has 39 valence electrons. The minimum atomic E-state index is -0.176. The maximum atomic E-state index is 8.60. The Morgan fingerprint density at radius 3 is 2.43 bits per heavy atom. The van der Waals surface area contributed by atoms with Crippen LogP contribution in [0.2, 0.25) is 0 Å². The molecule has 1 heterocycles. The van der Waals surface area contributed by atoms with Crippen LogP contribution in [0, 0.1) is 0 Å². The summed E-state index contributed by atoms with van der Waals surface area (Å²) in [6.07, 6.45) is 0.644. The summed E-state index contributed by atoms with van der Waals surface area (Å²) in [6.45, 7) is 1.28. The number of rotatable bonds is 0. The topological polar surface area (TPSA) is 29.5 Å². The van der Waals surface area contributed by atoms with E-state index in [-0.39, 0.29) is 38.8 Å². The van der Waals surface area contributed by atoms with Crippen molar-refractivity contribution in [3.8, 4) is 0 Å². The van der Waals surface area contributed by atoms with Gasteiger partial charge in [-0.2, -0.15) is 0 Å². The second-order valence-corrected chi connectivity index (χ2v) is 1.52. The predicted octanol–water partition coefficient (Wildman–Crippen LogP) is -0.235. The van der Waals surface area contributed by atoms with Gasteiger partial charge in [-0.05, 0) is 6.42 Å². The first-order valence-corrected chi connectivity index (χ1v) is 2.15. The van der Waals surface area contributed by atoms with E-state index in [0.29, 0.717) is 6.61 Å². The van der Waals surface area contributed by atoms with Crippen molar-refractivity contribution in [1.29, 1.82) is 0 Å². The molecule has 0 saturated carbocycles. The van der Waals surface area contributed by atoms with E-state index in [1.807, 2.05) is 0 Å². The molecule has 0 bridgehead atoms. The monoisotopic (exact) mass is 177 g/mol. The minimum absolute atomic E-state index is 0. The molecule has 0 aromatic carbocycles. The van der Waals surface area contributed by atoms with Crippen LogP contribution < -0.4 is 0 Å². The molecule has 1 N–H and O–H groups in total. The first-order chi connectivity index (χ1) is 2.89. The molecule has 3 heteroatoms. The molecular formula is C4H8O2Y. The van der Waals surface area contributed by atoms with Gasteiger partial charge in [0.25, 0.3) is 0 Å². The summed E-state index contributed by atoms with van der Waals surface area (Å²) in [5.74, 6) is 0. The van der Waals surface area contributed by atoms with Gasteiger partial charge in [0.05, 0.1) is 12.7 Å². The zero-order valence-electron chi connectivity index (χ0n) is 4.13. The number of hydrogen-bond donors (Lipinski definition) is 1. The van der Waals surface area contributed by atoms with Gasteiger partial charge in [0, 0.05) is 39.3 Å². The molecule has 0 unspecified atom stereocenters. The van der Waals surface area contributed by atoms with E-state index in [4.69, 9.17) is 9.84 Å². The summed E-state index contributed by atoms with van der Waals surface area (Å²) < 4.78 is 4.81. The number of hydrogen-bond acceptors (Lipinski definition) is 2. The summed E-state index contributed by atoms with van der Waals surface area (Å²) in [7, 11) is 0. The van der Waals surface area contributed by atoms with E-state index in [9.17, 15) is 0 Å². The SMILES string of the molecule is O[C@H]1CCOC1.[Y]. The molecule has 1 rings (SSSR count). The van der Waals surface area contributed by atoms with Crippen LogP contribution in [0.25, 0.3) is 0 Å². The van der Waals surface area contributed by atoms with Gasteiger partial charge in [-0.1, -0.05) is 0 Å². The zero-order chi connectivity index (χ0) is 4.41. The second kappa shape index (κ2) is 3.96.